The highest BCUT2D eigenvalue weighted by atomic mass is 16.4. The zero-order chi connectivity index (χ0) is 16.0. The van der Waals surface area contributed by atoms with Gasteiger partial charge in [-0.1, -0.05) is 12.1 Å². The Morgan fingerprint density at radius 2 is 1.71 bits per heavy atom. The van der Waals surface area contributed by atoms with Crippen molar-refractivity contribution in [3.63, 3.8) is 0 Å². The number of hydrogen-bond acceptors (Lipinski definition) is 3. The van der Waals surface area contributed by atoms with Crippen molar-refractivity contribution in [2.45, 2.75) is 32.9 Å². The standard InChI is InChI=1S/C16H24N2O3/c1-12(2)18(10-9-15(19)20)16(21)14-7-5-13(6-8-14)11-17(3)4/h5-8,12H,9-11H2,1-4H3,(H,19,20). The Hall–Kier alpha value is -1.88. The molecule has 0 saturated heterocycles. The molecule has 116 valence electrons. The Morgan fingerprint density at radius 3 is 2.14 bits per heavy atom. The van der Waals surface area contributed by atoms with Crippen molar-refractivity contribution in [2.24, 2.45) is 0 Å². The summed E-state index contributed by atoms with van der Waals surface area (Å²) < 4.78 is 0. The Morgan fingerprint density at radius 1 is 1.14 bits per heavy atom. The number of amides is 1. The number of benzene rings is 1. The molecule has 0 radical (unpaired) electrons. The Bertz CT molecular complexity index is 481. The summed E-state index contributed by atoms with van der Waals surface area (Å²) in [5.74, 6) is -1.02. The van der Waals surface area contributed by atoms with E-state index in [9.17, 15) is 9.59 Å². The Kier molecular flexibility index (Phi) is 6.37. The third-order valence-corrected chi connectivity index (χ3v) is 3.15. The van der Waals surface area contributed by atoms with Crippen LogP contribution in [0.3, 0.4) is 0 Å². The lowest BCUT2D eigenvalue weighted by Gasteiger charge is -2.26. The number of rotatable bonds is 7. The van der Waals surface area contributed by atoms with E-state index in [4.69, 9.17) is 5.11 Å². The molecule has 5 heteroatoms. The molecule has 1 rings (SSSR count). The maximum absolute atomic E-state index is 12.5. The lowest BCUT2D eigenvalue weighted by Crippen LogP contribution is -2.38. The van der Waals surface area contributed by atoms with Crippen LogP contribution in [-0.2, 0) is 11.3 Å². The van der Waals surface area contributed by atoms with Gasteiger partial charge in [0.25, 0.3) is 5.91 Å². The minimum atomic E-state index is -0.894. The first-order valence-corrected chi connectivity index (χ1v) is 7.07. The lowest BCUT2D eigenvalue weighted by atomic mass is 10.1. The van der Waals surface area contributed by atoms with Gasteiger partial charge in [-0.15, -0.1) is 0 Å². The topological polar surface area (TPSA) is 60.9 Å². The minimum absolute atomic E-state index is 0.0294. The summed E-state index contributed by atoms with van der Waals surface area (Å²) in [5, 5.41) is 8.77. The molecule has 1 N–H and O–H groups in total. The van der Waals surface area contributed by atoms with Gasteiger partial charge in [-0.2, -0.15) is 0 Å². The smallest absolute Gasteiger partial charge is 0.305 e. The molecule has 1 aromatic carbocycles. The molecule has 0 aliphatic rings. The van der Waals surface area contributed by atoms with Gasteiger partial charge in [-0.25, -0.2) is 0 Å². The van der Waals surface area contributed by atoms with Gasteiger partial charge < -0.3 is 14.9 Å². The van der Waals surface area contributed by atoms with Crippen LogP contribution < -0.4 is 0 Å². The summed E-state index contributed by atoms with van der Waals surface area (Å²) in [6, 6.07) is 7.44. The molecule has 0 aromatic heterocycles. The van der Waals surface area contributed by atoms with E-state index in [0.717, 1.165) is 12.1 Å². The highest BCUT2D eigenvalue weighted by Crippen LogP contribution is 2.12. The van der Waals surface area contributed by atoms with E-state index in [1.165, 1.54) is 0 Å². The molecule has 0 saturated carbocycles. The largest absolute Gasteiger partial charge is 0.481 e. The second-order valence-corrected chi connectivity index (χ2v) is 5.67. The van der Waals surface area contributed by atoms with Crippen LogP contribution in [-0.4, -0.2) is 53.5 Å². The average molecular weight is 292 g/mol. The fourth-order valence-electron chi connectivity index (χ4n) is 2.09. The molecule has 0 atom stereocenters. The third kappa shape index (κ3) is 5.55. The van der Waals surface area contributed by atoms with Gasteiger partial charge in [0.05, 0.1) is 6.42 Å². The van der Waals surface area contributed by atoms with E-state index in [1.807, 2.05) is 40.1 Å². The van der Waals surface area contributed by atoms with Crippen LogP contribution in [0.1, 0.15) is 36.2 Å². The van der Waals surface area contributed by atoms with Crippen molar-refractivity contribution in [3.8, 4) is 0 Å². The first-order chi connectivity index (χ1) is 9.81. The van der Waals surface area contributed by atoms with E-state index in [1.54, 1.807) is 17.0 Å². The zero-order valence-corrected chi connectivity index (χ0v) is 13.2. The summed E-state index contributed by atoms with van der Waals surface area (Å²) >= 11 is 0. The van der Waals surface area contributed by atoms with Gasteiger partial charge in [0, 0.05) is 24.7 Å². The van der Waals surface area contributed by atoms with Crippen LogP contribution in [0.25, 0.3) is 0 Å². The Labute approximate surface area is 126 Å². The van der Waals surface area contributed by atoms with Crippen LogP contribution in [0.5, 0.6) is 0 Å². The van der Waals surface area contributed by atoms with Crippen molar-refractivity contribution in [1.82, 2.24) is 9.80 Å². The van der Waals surface area contributed by atoms with Gasteiger partial charge in [0.15, 0.2) is 0 Å². The predicted molar refractivity (Wildman–Crippen MR) is 82.3 cm³/mol. The van der Waals surface area contributed by atoms with E-state index in [2.05, 4.69) is 4.90 Å². The highest BCUT2D eigenvalue weighted by molar-refractivity contribution is 5.94. The molecule has 0 unspecified atom stereocenters. The molecule has 0 fully saturated rings. The van der Waals surface area contributed by atoms with Gasteiger partial charge in [0.1, 0.15) is 0 Å². The Balaban J connectivity index is 2.81. The molecule has 5 nitrogen and oxygen atoms in total. The normalized spacial score (nSPS) is 11.0. The number of aliphatic carboxylic acids is 1. The molecule has 0 spiro atoms. The lowest BCUT2D eigenvalue weighted by molar-refractivity contribution is -0.137. The first-order valence-electron chi connectivity index (χ1n) is 7.07. The second-order valence-electron chi connectivity index (χ2n) is 5.67. The molecule has 0 heterocycles. The summed E-state index contributed by atoms with van der Waals surface area (Å²) in [4.78, 5) is 26.8. The van der Waals surface area contributed by atoms with E-state index < -0.39 is 5.97 Å². The third-order valence-electron chi connectivity index (χ3n) is 3.15. The monoisotopic (exact) mass is 292 g/mol. The van der Waals surface area contributed by atoms with Gasteiger partial charge in [-0.05, 0) is 45.6 Å². The number of carboxylic acid groups (broad SMARTS) is 1. The SMILES string of the molecule is CC(C)N(CCC(=O)O)C(=O)c1ccc(CN(C)C)cc1. The predicted octanol–water partition coefficient (Wildman–Crippen LogP) is 2.07. The van der Waals surface area contributed by atoms with Gasteiger partial charge >= 0.3 is 5.97 Å². The molecular weight excluding hydrogens is 268 g/mol. The highest BCUT2D eigenvalue weighted by Gasteiger charge is 2.19. The summed E-state index contributed by atoms with van der Waals surface area (Å²) in [6.07, 6.45) is -0.0391. The molecule has 21 heavy (non-hydrogen) atoms. The number of carboxylic acids is 1. The quantitative estimate of drug-likeness (QED) is 0.836. The first kappa shape index (κ1) is 17.2. The fourth-order valence-corrected chi connectivity index (χ4v) is 2.09. The number of carbonyl (C=O) groups is 2. The van der Waals surface area contributed by atoms with Crippen LogP contribution >= 0.6 is 0 Å². The molecule has 0 bridgehead atoms. The van der Waals surface area contributed by atoms with E-state index in [-0.39, 0.29) is 24.9 Å². The summed E-state index contributed by atoms with van der Waals surface area (Å²) in [7, 11) is 3.98. The van der Waals surface area contributed by atoms with Crippen LogP contribution in [0.2, 0.25) is 0 Å². The van der Waals surface area contributed by atoms with Crippen molar-refractivity contribution in [2.75, 3.05) is 20.6 Å². The van der Waals surface area contributed by atoms with Crippen LogP contribution in [0.15, 0.2) is 24.3 Å². The maximum Gasteiger partial charge on any atom is 0.305 e. The maximum atomic E-state index is 12.5. The number of hydrogen-bond donors (Lipinski definition) is 1. The van der Waals surface area contributed by atoms with Crippen LogP contribution in [0.4, 0.5) is 0 Å². The molecule has 1 aromatic rings. The average Bonchev–Trinajstić information content (AvgIpc) is 2.38. The van der Waals surface area contributed by atoms with Gasteiger partial charge in [0.2, 0.25) is 0 Å². The second kappa shape index (κ2) is 7.78. The van der Waals surface area contributed by atoms with Crippen molar-refractivity contribution >= 4 is 11.9 Å². The molecule has 0 aliphatic carbocycles. The van der Waals surface area contributed by atoms with E-state index >= 15 is 0 Å². The number of carbonyl (C=O) groups excluding carboxylic acids is 1. The van der Waals surface area contributed by atoms with Crippen molar-refractivity contribution in [1.29, 1.82) is 0 Å². The van der Waals surface area contributed by atoms with Crippen molar-refractivity contribution < 1.29 is 14.7 Å². The molecule has 0 aliphatic heterocycles. The fraction of sp³-hybridized carbons (Fsp3) is 0.500. The molecule has 1 amide bonds. The van der Waals surface area contributed by atoms with Crippen LogP contribution in [0, 0.1) is 0 Å². The minimum Gasteiger partial charge on any atom is -0.481 e. The van der Waals surface area contributed by atoms with Crippen molar-refractivity contribution in [3.05, 3.63) is 35.4 Å². The van der Waals surface area contributed by atoms with Gasteiger partial charge in [-0.3, -0.25) is 9.59 Å². The zero-order valence-electron chi connectivity index (χ0n) is 13.2. The molecular formula is C16H24N2O3. The summed E-state index contributed by atoms with van der Waals surface area (Å²) in [6.45, 7) is 4.83. The summed E-state index contributed by atoms with van der Waals surface area (Å²) in [5.41, 5.74) is 1.73. The van der Waals surface area contributed by atoms with E-state index in [0.29, 0.717) is 5.56 Å². The number of nitrogens with zero attached hydrogens (tertiary/aromatic N) is 2.